The van der Waals surface area contributed by atoms with Gasteiger partial charge in [0.05, 0.1) is 24.7 Å². The molecule has 1 amide bonds. The molecule has 7 heteroatoms. The summed E-state index contributed by atoms with van der Waals surface area (Å²) in [7, 11) is 0. The number of carboxylic acid groups (broad SMARTS) is 1. The number of carboxylic acids is 1. The smallest absolute Gasteiger partial charge is 0.305 e. The van der Waals surface area contributed by atoms with E-state index in [2.05, 4.69) is 4.98 Å². The van der Waals surface area contributed by atoms with Crippen molar-refractivity contribution in [3.63, 3.8) is 0 Å². The summed E-state index contributed by atoms with van der Waals surface area (Å²) in [6, 6.07) is 1.06. The molecular weight excluding hydrogens is 270 g/mol. The highest BCUT2D eigenvalue weighted by Crippen LogP contribution is 2.34. The molecule has 0 aromatic carbocycles. The van der Waals surface area contributed by atoms with Crippen molar-refractivity contribution < 1.29 is 14.7 Å². The number of hydrogen-bond donors (Lipinski definition) is 2. The van der Waals surface area contributed by atoms with Gasteiger partial charge in [-0.2, -0.15) is 0 Å². The molecular formula is C12H14ClN3O3. The van der Waals surface area contributed by atoms with Crippen LogP contribution in [0.25, 0.3) is 0 Å². The molecule has 19 heavy (non-hydrogen) atoms. The Balaban J connectivity index is 2.42. The molecule has 1 aliphatic rings. The predicted molar refractivity (Wildman–Crippen MR) is 68.7 cm³/mol. The third kappa shape index (κ3) is 2.69. The van der Waals surface area contributed by atoms with Crippen molar-refractivity contribution in [2.75, 3.05) is 13.1 Å². The van der Waals surface area contributed by atoms with E-state index in [1.165, 1.54) is 11.1 Å². The maximum Gasteiger partial charge on any atom is 0.305 e. The standard InChI is InChI=1S/C12H14ClN3O3/c13-8-1-3-15-12-7(8)2-4-16(10(17)6-14)9(12)5-11(18)19/h1,3,9H,2,4-6,14H2,(H,18,19). The van der Waals surface area contributed by atoms with Gasteiger partial charge < -0.3 is 15.7 Å². The van der Waals surface area contributed by atoms with Crippen LogP contribution in [0.15, 0.2) is 12.3 Å². The van der Waals surface area contributed by atoms with Gasteiger partial charge in [0.25, 0.3) is 0 Å². The Bertz CT molecular complexity index is 521. The summed E-state index contributed by atoms with van der Waals surface area (Å²) < 4.78 is 0. The second-order valence-corrected chi connectivity index (χ2v) is 4.72. The summed E-state index contributed by atoms with van der Waals surface area (Å²) in [6.45, 7) is 0.262. The highest BCUT2D eigenvalue weighted by molar-refractivity contribution is 6.31. The Morgan fingerprint density at radius 2 is 2.32 bits per heavy atom. The fourth-order valence-corrected chi connectivity index (χ4v) is 2.59. The third-order valence-corrected chi connectivity index (χ3v) is 3.54. The van der Waals surface area contributed by atoms with E-state index in [4.69, 9.17) is 22.4 Å². The molecule has 0 saturated carbocycles. The fraction of sp³-hybridized carbons (Fsp3) is 0.417. The Hall–Kier alpha value is -1.66. The molecule has 102 valence electrons. The fourth-order valence-electron chi connectivity index (χ4n) is 2.34. The molecule has 0 radical (unpaired) electrons. The van der Waals surface area contributed by atoms with E-state index in [0.717, 1.165) is 5.56 Å². The number of pyridine rings is 1. The van der Waals surface area contributed by atoms with Crippen molar-refractivity contribution in [3.05, 3.63) is 28.5 Å². The van der Waals surface area contributed by atoms with E-state index in [0.29, 0.717) is 23.7 Å². The Labute approximate surface area is 115 Å². The van der Waals surface area contributed by atoms with Crippen molar-refractivity contribution in [2.24, 2.45) is 5.73 Å². The van der Waals surface area contributed by atoms with Crippen LogP contribution in [-0.4, -0.2) is 40.0 Å². The van der Waals surface area contributed by atoms with Crippen molar-refractivity contribution in [1.29, 1.82) is 0 Å². The summed E-state index contributed by atoms with van der Waals surface area (Å²) in [5, 5.41) is 9.56. The zero-order valence-corrected chi connectivity index (χ0v) is 10.9. The van der Waals surface area contributed by atoms with E-state index in [1.54, 1.807) is 6.07 Å². The van der Waals surface area contributed by atoms with Crippen LogP contribution < -0.4 is 5.73 Å². The van der Waals surface area contributed by atoms with E-state index in [1.807, 2.05) is 0 Å². The van der Waals surface area contributed by atoms with Crippen LogP contribution in [0.5, 0.6) is 0 Å². The zero-order chi connectivity index (χ0) is 14.0. The summed E-state index contributed by atoms with van der Waals surface area (Å²) in [5.41, 5.74) is 6.74. The van der Waals surface area contributed by atoms with E-state index in [-0.39, 0.29) is 18.9 Å². The van der Waals surface area contributed by atoms with Gasteiger partial charge in [0, 0.05) is 17.8 Å². The second kappa shape index (κ2) is 5.54. The number of aliphatic carboxylic acids is 1. The summed E-state index contributed by atoms with van der Waals surface area (Å²) in [6.07, 6.45) is 1.88. The Kier molecular flexibility index (Phi) is 4.01. The average molecular weight is 284 g/mol. The molecule has 1 unspecified atom stereocenters. The Morgan fingerprint density at radius 1 is 1.58 bits per heavy atom. The SMILES string of the molecule is NCC(=O)N1CCc2c(Cl)ccnc2C1CC(=O)O. The molecule has 0 aliphatic carbocycles. The van der Waals surface area contributed by atoms with Gasteiger partial charge in [0.2, 0.25) is 5.91 Å². The van der Waals surface area contributed by atoms with Crippen molar-refractivity contribution >= 4 is 23.5 Å². The number of hydrogen-bond acceptors (Lipinski definition) is 4. The second-order valence-electron chi connectivity index (χ2n) is 4.31. The molecule has 1 atom stereocenters. The molecule has 0 spiro atoms. The van der Waals surface area contributed by atoms with Gasteiger partial charge in [-0.3, -0.25) is 14.6 Å². The maximum absolute atomic E-state index is 11.8. The number of carbonyl (C=O) groups is 2. The zero-order valence-electron chi connectivity index (χ0n) is 10.2. The first kappa shape index (κ1) is 13.8. The molecule has 1 aliphatic heterocycles. The van der Waals surface area contributed by atoms with E-state index >= 15 is 0 Å². The van der Waals surface area contributed by atoms with Crippen LogP contribution in [0.1, 0.15) is 23.7 Å². The summed E-state index contributed by atoms with van der Waals surface area (Å²) in [4.78, 5) is 28.5. The summed E-state index contributed by atoms with van der Waals surface area (Å²) >= 11 is 6.09. The molecule has 3 N–H and O–H groups in total. The number of nitrogens with two attached hydrogens (primary N) is 1. The summed E-state index contributed by atoms with van der Waals surface area (Å²) in [5.74, 6) is -1.27. The number of carbonyl (C=O) groups excluding carboxylic acids is 1. The lowest BCUT2D eigenvalue weighted by molar-refractivity contribution is -0.141. The third-order valence-electron chi connectivity index (χ3n) is 3.19. The first-order chi connectivity index (χ1) is 9.04. The van der Waals surface area contributed by atoms with Crippen LogP contribution in [0.4, 0.5) is 0 Å². The highest BCUT2D eigenvalue weighted by atomic mass is 35.5. The Morgan fingerprint density at radius 3 is 2.95 bits per heavy atom. The van der Waals surface area contributed by atoms with Gasteiger partial charge in [0.1, 0.15) is 0 Å². The molecule has 1 aromatic heterocycles. The predicted octanol–water partition coefficient (Wildman–Crippen LogP) is 0.594. The van der Waals surface area contributed by atoms with E-state index in [9.17, 15) is 9.59 Å². The number of fused-ring (bicyclic) bond motifs is 1. The maximum atomic E-state index is 11.8. The molecule has 2 rings (SSSR count). The van der Waals surface area contributed by atoms with E-state index < -0.39 is 12.0 Å². The minimum absolute atomic E-state index is 0.147. The molecule has 2 heterocycles. The molecule has 1 aromatic rings. The molecule has 0 fully saturated rings. The number of halogens is 1. The van der Waals surface area contributed by atoms with Crippen LogP contribution in [-0.2, 0) is 16.0 Å². The van der Waals surface area contributed by atoms with Crippen LogP contribution in [0.3, 0.4) is 0 Å². The minimum Gasteiger partial charge on any atom is -0.481 e. The van der Waals surface area contributed by atoms with Gasteiger partial charge in [0.15, 0.2) is 0 Å². The number of nitrogens with zero attached hydrogens (tertiary/aromatic N) is 2. The normalized spacial score (nSPS) is 18.0. The van der Waals surface area contributed by atoms with Gasteiger partial charge in [-0.25, -0.2) is 0 Å². The highest BCUT2D eigenvalue weighted by Gasteiger charge is 2.33. The van der Waals surface area contributed by atoms with Crippen molar-refractivity contribution in [3.8, 4) is 0 Å². The van der Waals surface area contributed by atoms with Gasteiger partial charge in [-0.1, -0.05) is 11.6 Å². The first-order valence-corrected chi connectivity index (χ1v) is 6.27. The quantitative estimate of drug-likeness (QED) is 0.846. The molecule has 6 nitrogen and oxygen atoms in total. The van der Waals surface area contributed by atoms with Gasteiger partial charge in [-0.05, 0) is 18.1 Å². The largest absolute Gasteiger partial charge is 0.481 e. The number of amides is 1. The van der Waals surface area contributed by atoms with Crippen LogP contribution >= 0.6 is 11.6 Å². The lowest BCUT2D eigenvalue weighted by atomic mass is 9.95. The lowest BCUT2D eigenvalue weighted by Crippen LogP contribution is -2.44. The molecule has 0 saturated heterocycles. The lowest BCUT2D eigenvalue weighted by Gasteiger charge is -2.35. The minimum atomic E-state index is -0.991. The molecule has 0 bridgehead atoms. The monoisotopic (exact) mass is 283 g/mol. The van der Waals surface area contributed by atoms with Gasteiger partial charge in [-0.15, -0.1) is 0 Å². The topological polar surface area (TPSA) is 96.5 Å². The number of rotatable bonds is 3. The van der Waals surface area contributed by atoms with Crippen molar-refractivity contribution in [2.45, 2.75) is 18.9 Å². The average Bonchev–Trinajstić information content (AvgIpc) is 2.38. The van der Waals surface area contributed by atoms with Crippen LogP contribution in [0, 0.1) is 0 Å². The number of aromatic nitrogens is 1. The van der Waals surface area contributed by atoms with Crippen LogP contribution in [0.2, 0.25) is 5.02 Å². The first-order valence-electron chi connectivity index (χ1n) is 5.89. The van der Waals surface area contributed by atoms with Gasteiger partial charge >= 0.3 is 5.97 Å². The van der Waals surface area contributed by atoms with Crippen molar-refractivity contribution in [1.82, 2.24) is 9.88 Å².